The maximum atomic E-state index is 5.56. The highest BCUT2D eigenvalue weighted by Crippen LogP contribution is 2.44. The molecule has 0 unspecified atom stereocenters. The molecule has 1 aromatic rings. The number of furan rings is 1. The molecule has 2 aliphatic carbocycles. The molecule has 2 aliphatic rings. The SMILES string of the molecule is Cc1cc(CNC(C2CC2)C2CC2)c(C)o1. The number of aryl methyl sites for hydroxylation is 2. The van der Waals surface area contributed by atoms with E-state index in [1.165, 1.54) is 31.2 Å². The Labute approximate surface area is 97.4 Å². The van der Waals surface area contributed by atoms with E-state index in [0.29, 0.717) is 0 Å². The van der Waals surface area contributed by atoms with Crippen LogP contribution in [0.1, 0.15) is 42.8 Å². The Hall–Kier alpha value is -0.760. The third-order valence-corrected chi connectivity index (χ3v) is 3.93. The Bertz CT molecular complexity index is 362. The molecule has 0 radical (unpaired) electrons. The fourth-order valence-corrected chi connectivity index (χ4v) is 2.72. The van der Waals surface area contributed by atoms with Crippen molar-refractivity contribution in [2.75, 3.05) is 0 Å². The summed E-state index contributed by atoms with van der Waals surface area (Å²) in [5, 5.41) is 3.75. The lowest BCUT2D eigenvalue weighted by molar-refractivity contribution is 0.412. The molecule has 1 heterocycles. The molecule has 0 spiro atoms. The minimum Gasteiger partial charge on any atom is -0.466 e. The van der Waals surface area contributed by atoms with Crippen LogP contribution in [0.3, 0.4) is 0 Å². The summed E-state index contributed by atoms with van der Waals surface area (Å²) in [5.41, 5.74) is 1.34. The molecule has 0 bridgehead atoms. The number of nitrogens with one attached hydrogen (secondary N) is 1. The van der Waals surface area contributed by atoms with E-state index in [-0.39, 0.29) is 0 Å². The van der Waals surface area contributed by atoms with E-state index < -0.39 is 0 Å². The van der Waals surface area contributed by atoms with Crippen LogP contribution in [-0.4, -0.2) is 6.04 Å². The van der Waals surface area contributed by atoms with Gasteiger partial charge in [0.1, 0.15) is 11.5 Å². The van der Waals surface area contributed by atoms with Crippen molar-refractivity contribution >= 4 is 0 Å². The summed E-state index contributed by atoms with van der Waals surface area (Å²) in [7, 11) is 0. The molecular formula is C14H21NO. The van der Waals surface area contributed by atoms with Gasteiger partial charge < -0.3 is 9.73 Å². The third-order valence-electron chi connectivity index (χ3n) is 3.93. The van der Waals surface area contributed by atoms with Gasteiger partial charge in [0.15, 0.2) is 0 Å². The van der Waals surface area contributed by atoms with Gasteiger partial charge in [-0.25, -0.2) is 0 Å². The maximum Gasteiger partial charge on any atom is 0.105 e. The number of hydrogen-bond donors (Lipinski definition) is 1. The number of hydrogen-bond acceptors (Lipinski definition) is 2. The summed E-state index contributed by atoms with van der Waals surface area (Å²) in [5.74, 6) is 4.06. The Kier molecular flexibility index (Phi) is 2.55. The summed E-state index contributed by atoms with van der Waals surface area (Å²) in [6.45, 7) is 5.07. The molecule has 0 amide bonds. The largest absolute Gasteiger partial charge is 0.466 e. The monoisotopic (exact) mass is 219 g/mol. The van der Waals surface area contributed by atoms with Gasteiger partial charge >= 0.3 is 0 Å². The van der Waals surface area contributed by atoms with Crippen LogP contribution in [0.4, 0.5) is 0 Å². The number of rotatable bonds is 5. The Morgan fingerprint density at radius 2 is 1.88 bits per heavy atom. The van der Waals surface area contributed by atoms with Crippen LogP contribution in [0, 0.1) is 25.7 Å². The summed E-state index contributed by atoms with van der Waals surface area (Å²) in [6.07, 6.45) is 5.77. The van der Waals surface area contributed by atoms with Gasteiger partial charge in [-0.3, -0.25) is 0 Å². The Morgan fingerprint density at radius 3 is 2.31 bits per heavy atom. The zero-order valence-electron chi connectivity index (χ0n) is 10.3. The summed E-state index contributed by atoms with van der Waals surface area (Å²) >= 11 is 0. The highest BCUT2D eigenvalue weighted by Gasteiger charge is 2.40. The highest BCUT2D eigenvalue weighted by atomic mass is 16.3. The van der Waals surface area contributed by atoms with Crippen LogP contribution in [0.5, 0.6) is 0 Å². The van der Waals surface area contributed by atoms with Gasteiger partial charge in [0.2, 0.25) is 0 Å². The van der Waals surface area contributed by atoms with Gasteiger partial charge in [-0.1, -0.05) is 0 Å². The standard InChI is InChI=1S/C14H21NO/c1-9-7-13(10(2)16-9)8-15-14(11-3-4-11)12-5-6-12/h7,11-12,14-15H,3-6,8H2,1-2H3. The van der Waals surface area contributed by atoms with Crippen LogP contribution in [0.2, 0.25) is 0 Å². The van der Waals surface area contributed by atoms with Gasteiger partial charge in [0.05, 0.1) is 0 Å². The normalized spacial score (nSPS) is 20.7. The van der Waals surface area contributed by atoms with E-state index in [4.69, 9.17) is 4.42 Å². The van der Waals surface area contributed by atoms with Crippen LogP contribution in [0.15, 0.2) is 10.5 Å². The zero-order chi connectivity index (χ0) is 11.1. The second-order valence-electron chi connectivity index (χ2n) is 5.52. The van der Waals surface area contributed by atoms with E-state index in [0.717, 1.165) is 35.9 Å². The first-order valence-corrected chi connectivity index (χ1v) is 6.53. The summed E-state index contributed by atoms with van der Waals surface area (Å²) < 4.78 is 5.56. The molecule has 88 valence electrons. The van der Waals surface area contributed by atoms with E-state index >= 15 is 0 Å². The molecule has 2 saturated carbocycles. The van der Waals surface area contributed by atoms with Gasteiger partial charge in [0, 0.05) is 18.2 Å². The van der Waals surface area contributed by atoms with Gasteiger partial charge in [0.25, 0.3) is 0 Å². The van der Waals surface area contributed by atoms with Gasteiger partial charge in [-0.2, -0.15) is 0 Å². The lowest BCUT2D eigenvalue weighted by Crippen LogP contribution is -2.32. The van der Waals surface area contributed by atoms with Crippen LogP contribution in [0.25, 0.3) is 0 Å². The predicted octanol–water partition coefficient (Wildman–Crippen LogP) is 3.17. The maximum absolute atomic E-state index is 5.56. The second kappa shape index (κ2) is 3.92. The molecule has 0 aliphatic heterocycles. The van der Waals surface area contributed by atoms with Crippen molar-refractivity contribution in [2.45, 2.75) is 52.1 Å². The third kappa shape index (κ3) is 2.17. The van der Waals surface area contributed by atoms with Crippen molar-refractivity contribution in [3.05, 3.63) is 23.2 Å². The molecule has 2 heteroatoms. The molecule has 2 nitrogen and oxygen atoms in total. The quantitative estimate of drug-likeness (QED) is 0.822. The van der Waals surface area contributed by atoms with Crippen molar-refractivity contribution < 1.29 is 4.42 Å². The van der Waals surface area contributed by atoms with E-state index in [2.05, 4.69) is 18.3 Å². The molecule has 0 saturated heterocycles. The molecule has 16 heavy (non-hydrogen) atoms. The molecule has 3 rings (SSSR count). The molecule has 0 atom stereocenters. The van der Waals surface area contributed by atoms with Crippen molar-refractivity contribution in [1.82, 2.24) is 5.32 Å². The Morgan fingerprint density at radius 1 is 1.25 bits per heavy atom. The molecule has 1 N–H and O–H groups in total. The first kappa shape index (κ1) is 10.4. The lowest BCUT2D eigenvalue weighted by Gasteiger charge is -2.17. The average Bonchev–Trinajstić information content (AvgIpc) is 3.11. The molecule has 1 aromatic heterocycles. The minimum atomic E-state index is 0.787. The Balaban J connectivity index is 1.60. The molecule has 2 fully saturated rings. The fraction of sp³-hybridized carbons (Fsp3) is 0.714. The smallest absolute Gasteiger partial charge is 0.105 e. The fourth-order valence-electron chi connectivity index (χ4n) is 2.72. The van der Waals surface area contributed by atoms with Crippen molar-refractivity contribution in [3.8, 4) is 0 Å². The predicted molar refractivity (Wildman–Crippen MR) is 64.3 cm³/mol. The van der Waals surface area contributed by atoms with E-state index in [1.54, 1.807) is 0 Å². The van der Waals surface area contributed by atoms with Gasteiger partial charge in [-0.05, 0) is 57.4 Å². The second-order valence-corrected chi connectivity index (χ2v) is 5.52. The van der Waals surface area contributed by atoms with E-state index in [9.17, 15) is 0 Å². The van der Waals surface area contributed by atoms with E-state index in [1.807, 2.05) is 6.92 Å². The first-order valence-electron chi connectivity index (χ1n) is 6.53. The minimum absolute atomic E-state index is 0.787. The molecule has 0 aromatic carbocycles. The lowest BCUT2D eigenvalue weighted by atomic mass is 10.1. The van der Waals surface area contributed by atoms with Crippen LogP contribution in [-0.2, 0) is 6.54 Å². The van der Waals surface area contributed by atoms with Gasteiger partial charge in [-0.15, -0.1) is 0 Å². The topological polar surface area (TPSA) is 25.2 Å². The van der Waals surface area contributed by atoms with Crippen LogP contribution >= 0.6 is 0 Å². The van der Waals surface area contributed by atoms with Crippen molar-refractivity contribution in [2.24, 2.45) is 11.8 Å². The summed E-state index contributed by atoms with van der Waals surface area (Å²) in [6, 6.07) is 2.95. The average molecular weight is 219 g/mol. The first-order chi connectivity index (χ1) is 7.74. The van der Waals surface area contributed by atoms with Crippen LogP contribution < -0.4 is 5.32 Å². The van der Waals surface area contributed by atoms with Crippen molar-refractivity contribution in [3.63, 3.8) is 0 Å². The van der Waals surface area contributed by atoms with Crippen molar-refractivity contribution in [1.29, 1.82) is 0 Å². The zero-order valence-corrected chi connectivity index (χ0v) is 10.3. The molecular weight excluding hydrogens is 198 g/mol. The summed E-state index contributed by atoms with van der Waals surface area (Å²) in [4.78, 5) is 0. The highest BCUT2D eigenvalue weighted by molar-refractivity contribution is 5.20.